The van der Waals surface area contributed by atoms with Gasteiger partial charge < -0.3 is 14.4 Å². The first-order valence-electron chi connectivity index (χ1n) is 8.50. The molecule has 4 aromatic rings. The lowest BCUT2D eigenvalue weighted by Gasteiger charge is -2.09. The Morgan fingerprint density at radius 1 is 1.21 bits per heavy atom. The molecule has 1 N–H and O–H groups in total. The summed E-state index contributed by atoms with van der Waals surface area (Å²) in [5.74, 6) is 0.667. The lowest BCUT2D eigenvalue weighted by atomic mass is 10.2. The Hall–Kier alpha value is -3.52. The van der Waals surface area contributed by atoms with Gasteiger partial charge in [0.1, 0.15) is 0 Å². The van der Waals surface area contributed by atoms with Crippen LogP contribution in [0.1, 0.15) is 12.3 Å². The van der Waals surface area contributed by atoms with Crippen LogP contribution in [0.5, 0.6) is 0 Å². The van der Waals surface area contributed by atoms with Gasteiger partial charge in [-0.15, -0.1) is 0 Å². The Labute approximate surface area is 165 Å². The van der Waals surface area contributed by atoms with Crippen LogP contribution < -0.4 is 5.32 Å². The number of nitrogens with one attached hydrogen (secondary N) is 1. The number of anilines is 1. The summed E-state index contributed by atoms with van der Waals surface area (Å²) in [5.41, 5.74) is 2.15. The summed E-state index contributed by atoms with van der Waals surface area (Å²) >= 11 is 6.30. The highest BCUT2D eigenvalue weighted by atomic mass is 35.5. The SMILES string of the molecule is O=C(CCc1nc(-c2cccnc2)no1)Nc1ccc(-n2ccnc2)c(Cl)c1. The molecule has 1 aromatic carbocycles. The summed E-state index contributed by atoms with van der Waals surface area (Å²) in [5, 5.41) is 7.24. The number of hydrogen-bond donors (Lipinski definition) is 1. The fraction of sp³-hybridized carbons (Fsp3) is 0.105. The molecule has 0 aliphatic heterocycles. The second-order valence-corrected chi connectivity index (χ2v) is 6.34. The third kappa shape index (κ3) is 4.07. The van der Waals surface area contributed by atoms with Crippen LogP contribution in [0.15, 0.2) is 66.0 Å². The number of hydrogen-bond acceptors (Lipinski definition) is 6. The van der Waals surface area contributed by atoms with Crippen molar-refractivity contribution in [3.05, 3.63) is 72.4 Å². The molecule has 28 heavy (non-hydrogen) atoms. The maximum Gasteiger partial charge on any atom is 0.227 e. The number of carbonyl (C=O) groups excluding carboxylic acids is 1. The Morgan fingerprint density at radius 3 is 2.89 bits per heavy atom. The fourth-order valence-electron chi connectivity index (χ4n) is 2.61. The second kappa shape index (κ2) is 8.01. The van der Waals surface area contributed by atoms with E-state index in [1.807, 2.05) is 12.1 Å². The molecule has 0 bridgehead atoms. The Morgan fingerprint density at radius 2 is 2.14 bits per heavy atom. The predicted octanol–water partition coefficient (Wildman–Crippen LogP) is 3.54. The molecule has 0 unspecified atom stereocenters. The van der Waals surface area contributed by atoms with Crippen LogP contribution in [-0.2, 0) is 11.2 Å². The van der Waals surface area contributed by atoms with Crippen molar-refractivity contribution < 1.29 is 9.32 Å². The van der Waals surface area contributed by atoms with Gasteiger partial charge in [-0.3, -0.25) is 9.78 Å². The Kier molecular flexibility index (Phi) is 5.11. The summed E-state index contributed by atoms with van der Waals surface area (Å²) in [6.45, 7) is 0. The number of rotatable bonds is 6. The molecule has 1 amide bonds. The van der Waals surface area contributed by atoms with Gasteiger partial charge in [0.2, 0.25) is 17.6 Å². The minimum atomic E-state index is -0.174. The van der Waals surface area contributed by atoms with Crippen molar-refractivity contribution in [3.8, 4) is 17.1 Å². The molecule has 0 aliphatic rings. The number of imidazole rings is 1. The van der Waals surface area contributed by atoms with Crippen LogP contribution >= 0.6 is 11.6 Å². The number of benzene rings is 1. The molecular weight excluding hydrogens is 380 g/mol. The third-order valence-corrected chi connectivity index (χ3v) is 4.27. The molecule has 4 rings (SSSR count). The Bertz CT molecular complexity index is 1080. The maximum atomic E-state index is 12.2. The van der Waals surface area contributed by atoms with Crippen molar-refractivity contribution in [2.45, 2.75) is 12.8 Å². The van der Waals surface area contributed by atoms with Gasteiger partial charge in [-0.2, -0.15) is 4.98 Å². The molecular formula is C19H15ClN6O2. The molecule has 0 saturated carbocycles. The van der Waals surface area contributed by atoms with Gasteiger partial charge in [-0.25, -0.2) is 4.98 Å². The van der Waals surface area contributed by atoms with Gasteiger partial charge in [-0.05, 0) is 30.3 Å². The molecule has 3 aromatic heterocycles. The molecule has 0 fully saturated rings. The number of amides is 1. The van der Waals surface area contributed by atoms with Crippen molar-refractivity contribution in [2.24, 2.45) is 0 Å². The van der Waals surface area contributed by atoms with E-state index in [0.29, 0.717) is 28.8 Å². The summed E-state index contributed by atoms with van der Waals surface area (Å²) < 4.78 is 6.99. The number of carbonyl (C=O) groups is 1. The molecule has 9 heteroatoms. The average molecular weight is 395 g/mol. The topological polar surface area (TPSA) is 98.7 Å². The first kappa shape index (κ1) is 17.9. The summed E-state index contributed by atoms with van der Waals surface area (Å²) in [6.07, 6.45) is 8.98. The van der Waals surface area contributed by atoms with Crippen LogP contribution in [0.4, 0.5) is 5.69 Å². The smallest absolute Gasteiger partial charge is 0.227 e. The van der Waals surface area contributed by atoms with Crippen molar-refractivity contribution in [2.75, 3.05) is 5.32 Å². The lowest BCUT2D eigenvalue weighted by Crippen LogP contribution is -2.12. The number of aromatic nitrogens is 5. The van der Waals surface area contributed by atoms with E-state index in [1.165, 1.54) is 0 Å². The van der Waals surface area contributed by atoms with E-state index in [-0.39, 0.29) is 12.3 Å². The van der Waals surface area contributed by atoms with Crippen molar-refractivity contribution in [1.82, 2.24) is 24.7 Å². The monoisotopic (exact) mass is 394 g/mol. The lowest BCUT2D eigenvalue weighted by molar-refractivity contribution is -0.116. The number of aryl methyl sites for hydroxylation is 1. The van der Waals surface area contributed by atoms with Crippen LogP contribution in [-0.4, -0.2) is 30.6 Å². The zero-order valence-corrected chi connectivity index (χ0v) is 15.4. The third-order valence-electron chi connectivity index (χ3n) is 3.97. The van der Waals surface area contributed by atoms with E-state index in [2.05, 4.69) is 25.4 Å². The van der Waals surface area contributed by atoms with E-state index >= 15 is 0 Å². The Balaban J connectivity index is 1.35. The first-order valence-corrected chi connectivity index (χ1v) is 8.87. The molecule has 0 radical (unpaired) electrons. The summed E-state index contributed by atoms with van der Waals surface area (Å²) in [6, 6.07) is 8.93. The maximum absolute atomic E-state index is 12.2. The normalized spacial score (nSPS) is 10.8. The standard InChI is InChI=1S/C19H15ClN6O2/c20-15-10-14(3-4-16(15)26-9-8-22-12-26)23-17(27)5-6-18-24-19(25-28-18)13-2-1-7-21-11-13/h1-4,7-12H,5-6H2,(H,23,27). The van der Waals surface area contributed by atoms with Crippen LogP contribution in [0.2, 0.25) is 5.02 Å². The van der Waals surface area contributed by atoms with Gasteiger partial charge in [0.15, 0.2) is 0 Å². The highest BCUT2D eigenvalue weighted by Gasteiger charge is 2.12. The summed E-state index contributed by atoms with van der Waals surface area (Å²) in [4.78, 5) is 24.5. The molecule has 0 saturated heterocycles. The summed E-state index contributed by atoms with van der Waals surface area (Å²) in [7, 11) is 0. The molecule has 0 atom stereocenters. The van der Waals surface area contributed by atoms with Crippen molar-refractivity contribution in [3.63, 3.8) is 0 Å². The quantitative estimate of drug-likeness (QED) is 0.537. The highest BCUT2D eigenvalue weighted by molar-refractivity contribution is 6.32. The number of halogens is 1. The average Bonchev–Trinajstić information content (AvgIpc) is 3.39. The van der Waals surface area contributed by atoms with Gasteiger partial charge in [0.05, 0.1) is 17.0 Å². The van der Waals surface area contributed by atoms with E-state index < -0.39 is 0 Å². The molecule has 3 heterocycles. The minimum Gasteiger partial charge on any atom is -0.339 e. The molecule has 8 nitrogen and oxygen atoms in total. The van der Waals surface area contributed by atoms with Gasteiger partial charge in [-0.1, -0.05) is 16.8 Å². The zero-order valence-electron chi connectivity index (χ0n) is 14.6. The first-order chi connectivity index (χ1) is 13.7. The molecule has 0 aliphatic carbocycles. The predicted molar refractivity (Wildman–Crippen MR) is 103 cm³/mol. The van der Waals surface area contributed by atoms with Crippen molar-refractivity contribution >= 4 is 23.2 Å². The second-order valence-electron chi connectivity index (χ2n) is 5.94. The van der Waals surface area contributed by atoms with Crippen molar-refractivity contribution in [1.29, 1.82) is 0 Å². The van der Waals surface area contributed by atoms with Crippen LogP contribution in [0.3, 0.4) is 0 Å². The zero-order chi connectivity index (χ0) is 19.3. The minimum absolute atomic E-state index is 0.174. The number of nitrogens with zero attached hydrogens (tertiary/aromatic N) is 5. The van der Waals surface area contributed by atoms with E-state index in [1.54, 1.807) is 53.9 Å². The van der Waals surface area contributed by atoms with Gasteiger partial charge in [0.25, 0.3) is 0 Å². The fourth-order valence-corrected chi connectivity index (χ4v) is 2.89. The van der Waals surface area contributed by atoms with E-state index in [9.17, 15) is 4.79 Å². The highest BCUT2D eigenvalue weighted by Crippen LogP contribution is 2.24. The number of pyridine rings is 1. The van der Waals surface area contributed by atoms with Crippen LogP contribution in [0, 0.1) is 0 Å². The van der Waals surface area contributed by atoms with Crippen LogP contribution in [0.25, 0.3) is 17.1 Å². The molecule has 140 valence electrons. The molecule has 0 spiro atoms. The van der Waals surface area contributed by atoms with E-state index in [0.717, 1.165) is 11.3 Å². The van der Waals surface area contributed by atoms with Gasteiger partial charge in [0, 0.05) is 48.9 Å². The van der Waals surface area contributed by atoms with Gasteiger partial charge >= 0.3 is 0 Å². The largest absolute Gasteiger partial charge is 0.339 e. The van der Waals surface area contributed by atoms with E-state index in [4.69, 9.17) is 16.1 Å².